The van der Waals surface area contributed by atoms with Gasteiger partial charge in [0.05, 0.1) is 28.3 Å². The Morgan fingerprint density at radius 1 is 1.12 bits per heavy atom. The van der Waals surface area contributed by atoms with Crippen molar-refractivity contribution in [1.29, 1.82) is 0 Å². The van der Waals surface area contributed by atoms with E-state index < -0.39 is 17.1 Å². The zero-order valence-electron chi connectivity index (χ0n) is 13.1. The predicted octanol–water partition coefficient (Wildman–Crippen LogP) is 4.37. The number of rotatable bonds is 3. The molecule has 5 nitrogen and oxygen atoms in total. The molecule has 25 heavy (non-hydrogen) atoms. The van der Waals surface area contributed by atoms with Gasteiger partial charge in [-0.2, -0.15) is 0 Å². The quantitative estimate of drug-likeness (QED) is 0.590. The Labute approximate surface area is 153 Å². The number of carbonyl (C=O) groups is 3. The van der Waals surface area contributed by atoms with Crippen molar-refractivity contribution in [2.24, 2.45) is 0 Å². The number of carbonyl (C=O) groups excluding carboxylic acids is 3. The van der Waals surface area contributed by atoms with Crippen molar-refractivity contribution in [3.05, 3.63) is 69.6 Å². The van der Waals surface area contributed by atoms with Crippen molar-refractivity contribution in [3.8, 4) is 0 Å². The average molecular weight is 374 g/mol. The first-order chi connectivity index (χ1) is 12.0. The van der Waals surface area contributed by atoms with E-state index in [0.717, 1.165) is 16.7 Å². The third-order valence-corrected chi connectivity index (χ3v) is 4.71. The molecule has 1 aliphatic heterocycles. The standard InChI is InChI=1S/C18H12ClNO4S/c1-24-17(22)12-8-6-11(7-9-12)10-15-16(21)20(18(23)25-15)14-5-3-2-4-13(14)19/h2-10H,1H3/b15-10+. The number of ether oxygens (including phenoxy) is 1. The van der Waals surface area contributed by atoms with Gasteiger partial charge >= 0.3 is 5.97 Å². The molecule has 2 aromatic carbocycles. The number of anilines is 1. The molecule has 0 spiro atoms. The maximum Gasteiger partial charge on any atom is 0.337 e. The zero-order valence-corrected chi connectivity index (χ0v) is 14.6. The smallest absolute Gasteiger partial charge is 0.337 e. The number of imide groups is 1. The minimum absolute atomic E-state index is 0.288. The topological polar surface area (TPSA) is 63.7 Å². The van der Waals surface area contributed by atoms with Gasteiger partial charge in [-0.05, 0) is 47.7 Å². The van der Waals surface area contributed by atoms with E-state index in [1.807, 2.05) is 0 Å². The summed E-state index contributed by atoms with van der Waals surface area (Å²) in [7, 11) is 1.31. The van der Waals surface area contributed by atoms with Crippen LogP contribution in [-0.4, -0.2) is 24.2 Å². The van der Waals surface area contributed by atoms with E-state index in [1.54, 1.807) is 54.6 Å². The van der Waals surface area contributed by atoms with Crippen LogP contribution in [0, 0.1) is 0 Å². The predicted molar refractivity (Wildman–Crippen MR) is 97.7 cm³/mol. The molecular weight excluding hydrogens is 362 g/mol. The van der Waals surface area contributed by atoms with Crippen LogP contribution in [0.5, 0.6) is 0 Å². The number of esters is 1. The summed E-state index contributed by atoms with van der Waals surface area (Å²) >= 11 is 6.93. The molecule has 0 N–H and O–H groups in total. The van der Waals surface area contributed by atoms with Crippen LogP contribution < -0.4 is 4.90 Å². The number of hydrogen-bond acceptors (Lipinski definition) is 5. The monoisotopic (exact) mass is 373 g/mol. The van der Waals surface area contributed by atoms with Gasteiger partial charge < -0.3 is 4.74 Å². The van der Waals surface area contributed by atoms with Crippen molar-refractivity contribution < 1.29 is 19.1 Å². The Hall–Kier alpha value is -2.57. The van der Waals surface area contributed by atoms with E-state index >= 15 is 0 Å². The normalized spacial score (nSPS) is 15.8. The molecule has 0 atom stereocenters. The van der Waals surface area contributed by atoms with Crippen LogP contribution in [0.4, 0.5) is 10.5 Å². The van der Waals surface area contributed by atoms with Crippen molar-refractivity contribution in [1.82, 2.24) is 0 Å². The lowest BCUT2D eigenvalue weighted by molar-refractivity contribution is -0.113. The molecule has 2 amide bonds. The number of amides is 2. The number of thioether (sulfide) groups is 1. The minimum atomic E-state index is -0.439. The van der Waals surface area contributed by atoms with Gasteiger partial charge in [0.1, 0.15) is 0 Å². The third kappa shape index (κ3) is 3.45. The minimum Gasteiger partial charge on any atom is -0.465 e. The second-order valence-corrected chi connectivity index (χ2v) is 6.48. The Morgan fingerprint density at radius 2 is 1.80 bits per heavy atom. The van der Waals surface area contributed by atoms with E-state index in [0.29, 0.717) is 21.8 Å². The molecular formula is C18H12ClNO4S. The molecule has 0 aromatic heterocycles. The second kappa shape index (κ2) is 7.13. The number of benzene rings is 2. The van der Waals surface area contributed by atoms with Crippen molar-refractivity contribution in [2.45, 2.75) is 0 Å². The molecule has 1 saturated heterocycles. The summed E-state index contributed by atoms with van der Waals surface area (Å²) in [6.07, 6.45) is 1.60. The summed E-state index contributed by atoms with van der Waals surface area (Å²) in [6.45, 7) is 0. The lowest BCUT2D eigenvalue weighted by Crippen LogP contribution is -2.27. The van der Waals surface area contributed by atoms with E-state index in [-0.39, 0.29) is 4.91 Å². The highest BCUT2D eigenvalue weighted by Gasteiger charge is 2.37. The average Bonchev–Trinajstić information content (AvgIpc) is 2.89. The first-order valence-electron chi connectivity index (χ1n) is 7.22. The molecule has 0 radical (unpaired) electrons. The highest BCUT2D eigenvalue weighted by Crippen LogP contribution is 2.38. The highest BCUT2D eigenvalue weighted by atomic mass is 35.5. The number of methoxy groups -OCH3 is 1. The fourth-order valence-electron chi connectivity index (χ4n) is 2.29. The van der Waals surface area contributed by atoms with E-state index in [4.69, 9.17) is 11.6 Å². The van der Waals surface area contributed by atoms with Gasteiger partial charge in [-0.3, -0.25) is 9.59 Å². The van der Waals surface area contributed by atoms with Gasteiger partial charge in [-0.25, -0.2) is 9.69 Å². The second-order valence-electron chi connectivity index (χ2n) is 5.08. The molecule has 1 heterocycles. The molecule has 1 fully saturated rings. The summed E-state index contributed by atoms with van der Waals surface area (Å²) < 4.78 is 4.64. The largest absolute Gasteiger partial charge is 0.465 e. The molecule has 3 rings (SSSR count). The van der Waals surface area contributed by atoms with Crippen molar-refractivity contribution in [3.63, 3.8) is 0 Å². The van der Waals surface area contributed by atoms with Crippen LogP contribution >= 0.6 is 23.4 Å². The van der Waals surface area contributed by atoms with E-state index in [2.05, 4.69) is 4.74 Å². The van der Waals surface area contributed by atoms with Gasteiger partial charge in [0.25, 0.3) is 11.1 Å². The van der Waals surface area contributed by atoms with Gasteiger partial charge in [0.15, 0.2) is 0 Å². The third-order valence-electron chi connectivity index (χ3n) is 3.52. The van der Waals surface area contributed by atoms with Crippen LogP contribution in [0.3, 0.4) is 0 Å². The lowest BCUT2D eigenvalue weighted by atomic mass is 10.1. The maximum absolute atomic E-state index is 12.6. The lowest BCUT2D eigenvalue weighted by Gasteiger charge is -2.13. The van der Waals surface area contributed by atoms with Gasteiger partial charge in [0, 0.05) is 0 Å². The Morgan fingerprint density at radius 3 is 2.44 bits per heavy atom. The maximum atomic E-state index is 12.6. The van der Waals surface area contributed by atoms with Crippen LogP contribution in [0.25, 0.3) is 6.08 Å². The van der Waals surface area contributed by atoms with Crippen LogP contribution in [0.1, 0.15) is 15.9 Å². The number of para-hydroxylation sites is 1. The summed E-state index contributed by atoms with van der Waals surface area (Å²) in [5.41, 5.74) is 1.46. The van der Waals surface area contributed by atoms with Crippen LogP contribution in [0.15, 0.2) is 53.4 Å². The molecule has 7 heteroatoms. The van der Waals surface area contributed by atoms with Gasteiger partial charge in [-0.15, -0.1) is 0 Å². The molecule has 0 aliphatic carbocycles. The van der Waals surface area contributed by atoms with Crippen LogP contribution in [0.2, 0.25) is 5.02 Å². The van der Waals surface area contributed by atoms with Gasteiger partial charge in [0.2, 0.25) is 0 Å². The fourth-order valence-corrected chi connectivity index (χ4v) is 3.35. The Kier molecular flexibility index (Phi) is 4.92. The first kappa shape index (κ1) is 17.3. The highest BCUT2D eigenvalue weighted by molar-refractivity contribution is 8.19. The molecule has 126 valence electrons. The number of hydrogen-bond donors (Lipinski definition) is 0. The Bertz CT molecular complexity index is 892. The zero-order chi connectivity index (χ0) is 18.0. The molecule has 1 aliphatic rings. The van der Waals surface area contributed by atoms with Crippen molar-refractivity contribution in [2.75, 3.05) is 12.0 Å². The van der Waals surface area contributed by atoms with E-state index in [9.17, 15) is 14.4 Å². The van der Waals surface area contributed by atoms with E-state index in [1.165, 1.54) is 7.11 Å². The van der Waals surface area contributed by atoms with Crippen molar-refractivity contribution >= 4 is 52.2 Å². The van der Waals surface area contributed by atoms with Crippen LogP contribution in [-0.2, 0) is 9.53 Å². The summed E-state index contributed by atoms with van der Waals surface area (Å²) in [5, 5.41) is -0.0796. The summed E-state index contributed by atoms with van der Waals surface area (Å²) in [6, 6.07) is 13.2. The summed E-state index contributed by atoms with van der Waals surface area (Å²) in [4.78, 5) is 37.6. The molecule has 0 bridgehead atoms. The molecule has 0 unspecified atom stereocenters. The SMILES string of the molecule is COC(=O)c1ccc(/C=C2/SC(=O)N(c3ccccc3Cl)C2=O)cc1. The fraction of sp³-hybridized carbons (Fsp3) is 0.0556. The number of nitrogens with zero attached hydrogens (tertiary/aromatic N) is 1. The molecule has 0 saturated carbocycles. The Balaban J connectivity index is 1.88. The number of halogens is 1. The molecule has 2 aromatic rings. The summed E-state index contributed by atoms with van der Waals surface area (Å²) in [5.74, 6) is -0.870. The van der Waals surface area contributed by atoms with Gasteiger partial charge in [-0.1, -0.05) is 35.9 Å². The first-order valence-corrected chi connectivity index (χ1v) is 8.41.